The minimum atomic E-state index is -0.0272. The van der Waals surface area contributed by atoms with E-state index in [9.17, 15) is 4.79 Å². The Hall–Kier alpha value is -2.89. The van der Waals surface area contributed by atoms with Crippen LogP contribution in [0.1, 0.15) is 45.8 Å². The lowest BCUT2D eigenvalue weighted by Gasteiger charge is -2.14. The number of carbonyl (C=O) groups is 1. The predicted octanol–water partition coefficient (Wildman–Crippen LogP) is 3.43. The minimum Gasteiger partial charge on any atom is -0.352 e. The van der Waals surface area contributed by atoms with Gasteiger partial charge in [0.15, 0.2) is 0 Å². The first-order chi connectivity index (χ1) is 13.3. The van der Waals surface area contributed by atoms with E-state index >= 15 is 0 Å². The van der Waals surface area contributed by atoms with Crippen LogP contribution in [0.2, 0.25) is 0 Å². The van der Waals surface area contributed by atoms with E-state index in [1.54, 1.807) is 6.20 Å². The average Bonchev–Trinajstić information content (AvgIpc) is 3.13. The zero-order valence-electron chi connectivity index (χ0n) is 17.4. The van der Waals surface area contributed by atoms with Crippen molar-refractivity contribution < 1.29 is 4.79 Å². The predicted molar refractivity (Wildman–Crippen MR) is 110 cm³/mol. The number of rotatable bonds is 7. The molecule has 6 nitrogen and oxygen atoms in total. The number of hydrogen-bond donors (Lipinski definition) is 1. The molecular formula is C22H29N5O. The fraction of sp³-hybridized carbons (Fsp3) is 0.409. The molecule has 3 aromatic heterocycles. The molecule has 1 N–H and O–H groups in total. The maximum atomic E-state index is 12.7. The zero-order chi connectivity index (χ0) is 20.3. The summed E-state index contributed by atoms with van der Waals surface area (Å²) in [6.07, 6.45) is 1.79. The Morgan fingerprint density at radius 2 is 1.93 bits per heavy atom. The van der Waals surface area contributed by atoms with Crippen molar-refractivity contribution in [3.8, 4) is 0 Å². The van der Waals surface area contributed by atoms with Gasteiger partial charge in [-0.3, -0.25) is 14.5 Å². The summed E-state index contributed by atoms with van der Waals surface area (Å²) in [7, 11) is 0. The van der Waals surface area contributed by atoms with E-state index < -0.39 is 0 Å². The number of hydrogen-bond acceptors (Lipinski definition) is 3. The lowest BCUT2D eigenvalue weighted by atomic mass is 10.1. The van der Waals surface area contributed by atoms with Crippen LogP contribution < -0.4 is 5.32 Å². The molecule has 0 bridgehead atoms. The normalized spacial score (nSPS) is 12.2. The lowest BCUT2D eigenvalue weighted by Crippen LogP contribution is -2.30. The Balaban J connectivity index is 1.63. The number of nitrogens with zero attached hydrogens (tertiary/aromatic N) is 4. The monoisotopic (exact) mass is 379 g/mol. The standard InChI is InChI=1S/C22H29N5O/c1-15(13-27-18(4)10-16(2)25-27)12-24-22(28)21-11-17(3)26(19(21)5)14-20-8-6-7-9-23-20/h6-11,15H,12-14H2,1-5H3,(H,24,28). The van der Waals surface area contributed by atoms with E-state index in [-0.39, 0.29) is 5.91 Å². The van der Waals surface area contributed by atoms with Crippen LogP contribution in [0.25, 0.3) is 0 Å². The van der Waals surface area contributed by atoms with Crippen LogP contribution in [-0.2, 0) is 13.1 Å². The van der Waals surface area contributed by atoms with Crippen LogP contribution in [0.3, 0.4) is 0 Å². The summed E-state index contributed by atoms with van der Waals surface area (Å²) in [5.74, 6) is 0.263. The molecule has 6 heteroatoms. The number of pyridine rings is 1. The third kappa shape index (κ3) is 4.50. The van der Waals surface area contributed by atoms with Gasteiger partial charge in [0, 0.05) is 36.4 Å². The number of aromatic nitrogens is 4. The van der Waals surface area contributed by atoms with E-state index in [2.05, 4.69) is 39.9 Å². The summed E-state index contributed by atoms with van der Waals surface area (Å²) in [5.41, 5.74) is 5.90. The van der Waals surface area contributed by atoms with Gasteiger partial charge in [-0.15, -0.1) is 0 Å². The highest BCUT2D eigenvalue weighted by molar-refractivity contribution is 5.95. The second-order valence-corrected chi connectivity index (χ2v) is 7.62. The van der Waals surface area contributed by atoms with Crippen molar-refractivity contribution in [3.63, 3.8) is 0 Å². The van der Waals surface area contributed by atoms with Crippen molar-refractivity contribution in [2.45, 2.75) is 47.7 Å². The maximum Gasteiger partial charge on any atom is 0.253 e. The summed E-state index contributed by atoms with van der Waals surface area (Å²) >= 11 is 0. The van der Waals surface area contributed by atoms with Gasteiger partial charge >= 0.3 is 0 Å². The Morgan fingerprint density at radius 3 is 2.57 bits per heavy atom. The molecule has 1 atom stereocenters. The molecule has 28 heavy (non-hydrogen) atoms. The fourth-order valence-electron chi connectivity index (χ4n) is 3.51. The second kappa shape index (κ2) is 8.42. The molecule has 0 aliphatic heterocycles. The highest BCUT2D eigenvalue weighted by Gasteiger charge is 2.17. The highest BCUT2D eigenvalue weighted by Crippen LogP contribution is 2.17. The molecule has 3 aromatic rings. The average molecular weight is 380 g/mol. The van der Waals surface area contributed by atoms with Gasteiger partial charge in [-0.05, 0) is 57.9 Å². The molecule has 0 spiro atoms. The van der Waals surface area contributed by atoms with Crippen LogP contribution in [0.15, 0.2) is 36.5 Å². The van der Waals surface area contributed by atoms with Crippen LogP contribution >= 0.6 is 0 Å². The summed E-state index contributed by atoms with van der Waals surface area (Å²) in [6, 6.07) is 9.92. The largest absolute Gasteiger partial charge is 0.352 e. The van der Waals surface area contributed by atoms with Gasteiger partial charge < -0.3 is 9.88 Å². The molecule has 0 radical (unpaired) electrons. The Kier molecular flexibility index (Phi) is 5.97. The Morgan fingerprint density at radius 1 is 1.14 bits per heavy atom. The van der Waals surface area contributed by atoms with E-state index in [0.717, 1.165) is 40.6 Å². The molecule has 0 saturated carbocycles. The molecule has 148 valence electrons. The number of aryl methyl sites for hydroxylation is 3. The van der Waals surface area contributed by atoms with Crippen molar-refractivity contribution in [1.29, 1.82) is 0 Å². The summed E-state index contributed by atoms with van der Waals surface area (Å²) in [5, 5.41) is 7.58. The topological polar surface area (TPSA) is 64.7 Å². The third-order valence-electron chi connectivity index (χ3n) is 5.06. The zero-order valence-corrected chi connectivity index (χ0v) is 17.4. The molecule has 0 aromatic carbocycles. The molecule has 1 amide bonds. The lowest BCUT2D eigenvalue weighted by molar-refractivity contribution is 0.0945. The van der Waals surface area contributed by atoms with E-state index in [0.29, 0.717) is 19.0 Å². The minimum absolute atomic E-state index is 0.0272. The van der Waals surface area contributed by atoms with Crippen LogP contribution in [0.4, 0.5) is 0 Å². The van der Waals surface area contributed by atoms with Crippen molar-refractivity contribution >= 4 is 5.91 Å². The number of nitrogens with one attached hydrogen (secondary N) is 1. The van der Waals surface area contributed by atoms with E-state index in [4.69, 9.17) is 0 Å². The van der Waals surface area contributed by atoms with E-state index in [1.165, 1.54) is 0 Å². The van der Waals surface area contributed by atoms with Crippen molar-refractivity contribution in [2.75, 3.05) is 6.54 Å². The first kappa shape index (κ1) is 19.9. The third-order valence-corrected chi connectivity index (χ3v) is 5.06. The van der Waals surface area contributed by atoms with Crippen molar-refractivity contribution in [2.24, 2.45) is 5.92 Å². The molecular weight excluding hydrogens is 350 g/mol. The van der Waals surface area contributed by atoms with Gasteiger partial charge in [0.25, 0.3) is 5.91 Å². The summed E-state index contributed by atoms with van der Waals surface area (Å²) in [4.78, 5) is 17.1. The second-order valence-electron chi connectivity index (χ2n) is 7.62. The molecule has 0 saturated heterocycles. The smallest absolute Gasteiger partial charge is 0.253 e. The Bertz CT molecular complexity index is 955. The van der Waals surface area contributed by atoms with Crippen LogP contribution in [-0.4, -0.2) is 31.8 Å². The van der Waals surface area contributed by atoms with Crippen molar-refractivity contribution in [3.05, 3.63) is 70.6 Å². The SMILES string of the molecule is Cc1cc(C)n(CC(C)CNC(=O)c2cc(C)n(Cc3ccccn3)c2C)n1. The first-order valence-corrected chi connectivity index (χ1v) is 9.71. The van der Waals surface area contributed by atoms with Gasteiger partial charge in [0.1, 0.15) is 0 Å². The van der Waals surface area contributed by atoms with Gasteiger partial charge in [-0.25, -0.2) is 0 Å². The Labute approximate surface area is 166 Å². The van der Waals surface area contributed by atoms with Gasteiger partial charge in [-0.2, -0.15) is 5.10 Å². The van der Waals surface area contributed by atoms with Gasteiger partial charge in [0.05, 0.1) is 23.5 Å². The molecule has 0 aliphatic rings. The molecule has 0 aliphatic carbocycles. The molecule has 3 heterocycles. The molecule has 0 fully saturated rings. The quantitative estimate of drug-likeness (QED) is 0.684. The number of amides is 1. The van der Waals surface area contributed by atoms with Crippen LogP contribution in [0.5, 0.6) is 0 Å². The van der Waals surface area contributed by atoms with E-state index in [1.807, 2.05) is 49.7 Å². The first-order valence-electron chi connectivity index (χ1n) is 9.71. The van der Waals surface area contributed by atoms with Gasteiger partial charge in [-0.1, -0.05) is 13.0 Å². The summed E-state index contributed by atoms with van der Waals surface area (Å²) in [6.45, 7) is 12.3. The van der Waals surface area contributed by atoms with Crippen molar-refractivity contribution in [1.82, 2.24) is 24.6 Å². The summed E-state index contributed by atoms with van der Waals surface area (Å²) < 4.78 is 4.14. The van der Waals surface area contributed by atoms with Crippen LogP contribution in [0, 0.1) is 33.6 Å². The fourth-order valence-corrected chi connectivity index (χ4v) is 3.51. The maximum absolute atomic E-state index is 12.7. The molecule has 3 rings (SSSR count). The molecule has 1 unspecified atom stereocenters. The highest BCUT2D eigenvalue weighted by atomic mass is 16.1. The van der Waals surface area contributed by atoms with Gasteiger partial charge in [0.2, 0.25) is 0 Å². The number of carbonyl (C=O) groups excluding carboxylic acids is 1.